The zero-order chi connectivity index (χ0) is 15.7. The molecule has 0 saturated carbocycles. The monoisotopic (exact) mass is 293 g/mol. The molecular weight excluding hydrogens is 270 g/mol. The highest BCUT2D eigenvalue weighted by Gasteiger charge is 2.18. The second kappa shape index (κ2) is 5.85. The average molecular weight is 293 g/mol. The van der Waals surface area contributed by atoms with E-state index in [9.17, 15) is 9.59 Å². The van der Waals surface area contributed by atoms with Crippen LogP contribution in [0.5, 0.6) is 0 Å². The summed E-state index contributed by atoms with van der Waals surface area (Å²) in [6.07, 6.45) is 2.27. The Morgan fingerprint density at radius 3 is 2.48 bits per heavy atom. The van der Waals surface area contributed by atoms with Gasteiger partial charge in [-0.2, -0.15) is 0 Å². The van der Waals surface area contributed by atoms with Gasteiger partial charge in [-0.3, -0.25) is 13.9 Å². The summed E-state index contributed by atoms with van der Waals surface area (Å²) in [5.41, 5.74) is 6.16. The van der Waals surface area contributed by atoms with Crippen LogP contribution >= 0.6 is 0 Å². The van der Waals surface area contributed by atoms with Gasteiger partial charge >= 0.3 is 5.69 Å². The van der Waals surface area contributed by atoms with Gasteiger partial charge in [0.25, 0.3) is 5.56 Å². The highest BCUT2D eigenvalue weighted by Crippen LogP contribution is 2.07. The van der Waals surface area contributed by atoms with E-state index in [1.54, 1.807) is 22.5 Å². The molecule has 2 aromatic rings. The number of imidazole rings is 1. The van der Waals surface area contributed by atoms with Gasteiger partial charge in [0.15, 0.2) is 11.2 Å². The molecule has 0 aliphatic rings. The molecule has 2 aromatic heterocycles. The Morgan fingerprint density at radius 2 is 1.90 bits per heavy atom. The van der Waals surface area contributed by atoms with Crippen molar-refractivity contribution in [2.45, 2.75) is 46.3 Å². The number of aryl methyl sites for hydroxylation is 1. The molecule has 0 spiro atoms. The molecule has 1 atom stereocenters. The summed E-state index contributed by atoms with van der Waals surface area (Å²) in [4.78, 5) is 29.4. The number of fused-ring (bicyclic) bond motifs is 1. The van der Waals surface area contributed by atoms with E-state index in [4.69, 9.17) is 5.73 Å². The summed E-state index contributed by atoms with van der Waals surface area (Å²) in [6, 6.07) is -0.214. The van der Waals surface area contributed by atoms with Crippen LogP contribution in [-0.4, -0.2) is 24.7 Å². The fourth-order valence-corrected chi connectivity index (χ4v) is 2.37. The van der Waals surface area contributed by atoms with Crippen LogP contribution in [0.1, 0.15) is 27.2 Å². The van der Waals surface area contributed by atoms with E-state index in [0.29, 0.717) is 24.1 Å². The first-order valence-corrected chi connectivity index (χ1v) is 7.27. The normalized spacial score (nSPS) is 13.2. The van der Waals surface area contributed by atoms with E-state index in [1.807, 2.05) is 20.8 Å². The number of rotatable bonds is 5. The average Bonchev–Trinajstić information content (AvgIpc) is 2.81. The van der Waals surface area contributed by atoms with Gasteiger partial charge in [0.1, 0.15) is 0 Å². The Hall–Kier alpha value is -1.89. The highest BCUT2D eigenvalue weighted by molar-refractivity contribution is 5.69. The fraction of sp³-hybridized carbons (Fsp3) is 0.643. The number of hydrogen-bond donors (Lipinski definition) is 1. The zero-order valence-corrected chi connectivity index (χ0v) is 13.0. The van der Waals surface area contributed by atoms with Crippen molar-refractivity contribution >= 4 is 11.2 Å². The van der Waals surface area contributed by atoms with E-state index in [1.165, 1.54) is 4.57 Å². The summed E-state index contributed by atoms with van der Waals surface area (Å²) in [5, 5.41) is 0. The minimum absolute atomic E-state index is 0.214. The lowest BCUT2D eigenvalue weighted by molar-refractivity contribution is 0.460. The predicted molar refractivity (Wildman–Crippen MR) is 82.3 cm³/mol. The maximum Gasteiger partial charge on any atom is 0.332 e. The molecule has 0 aliphatic heterocycles. The smallest absolute Gasteiger partial charge is 0.328 e. The van der Waals surface area contributed by atoms with E-state index < -0.39 is 0 Å². The van der Waals surface area contributed by atoms with Crippen LogP contribution in [0, 0.1) is 5.92 Å². The molecule has 0 amide bonds. The van der Waals surface area contributed by atoms with Crippen LogP contribution in [0.2, 0.25) is 0 Å². The maximum atomic E-state index is 12.6. The minimum atomic E-state index is -0.330. The Balaban J connectivity index is 2.76. The standard InChI is InChI=1S/C14H23N5O2/c1-5-10(15)7-19-13(20)11-12(16-8-17(11)4)18(14(19)21)6-9(2)3/h8-10H,5-7,15H2,1-4H3. The molecule has 0 aromatic carbocycles. The van der Waals surface area contributed by atoms with E-state index >= 15 is 0 Å². The van der Waals surface area contributed by atoms with E-state index in [2.05, 4.69) is 4.98 Å². The minimum Gasteiger partial charge on any atom is -0.328 e. The maximum absolute atomic E-state index is 12.6. The molecule has 2 N–H and O–H groups in total. The molecule has 7 heteroatoms. The lowest BCUT2D eigenvalue weighted by Gasteiger charge is -2.15. The lowest BCUT2D eigenvalue weighted by atomic mass is 10.2. The Labute approximate surface area is 123 Å². The second-order valence-electron chi connectivity index (χ2n) is 5.90. The van der Waals surface area contributed by atoms with E-state index in [-0.39, 0.29) is 29.8 Å². The van der Waals surface area contributed by atoms with Gasteiger partial charge in [0.2, 0.25) is 0 Å². The summed E-state index contributed by atoms with van der Waals surface area (Å²) in [6.45, 7) is 6.73. The summed E-state index contributed by atoms with van der Waals surface area (Å²) < 4.78 is 4.46. The molecule has 2 heterocycles. The van der Waals surface area contributed by atoms with Crippen LogP contribution in [0.3, 0.4) is 0 Å². The Bertz CT molecular complexity index is 753. The van der Waals surface area contributed by atoms with Crippen molar-refractivity contribution in [1.29, 1.82) is 0 Å². The van der Waals surface area contributed by atoms with Crippen LogP contribution in [-0.2, 0) is 20.1 Å². The van der Waals surface area contributed by atoms with Crippen LogP contribution in [0.25, 0.3) is 11.2 Å². The van der Waals surface area contributed by atoms with Gasteiger partial charge in [-0.05, 0) is 12.3 Å². The van der Waals surface area contributed by atoms with Gasteiger partial charge in [-0.15, -0.1) is 0 Å². The van der Waals surface area contributed by atoms with Gasteiger partial charge < -0.3 is 10.3 Å². The third-order valence-electron chi connectivity index (χ3n) is 3.57. The van der Waals surface area contributed by atoms with Gasteiger partial charge in [-0.25, -0.2) is 9.78 Å². The van der Waals surface area contributed by atoms with Crippen molar-refractivity contribution in [3.05, 3.63) is 27.2 Å². The number of nitrogens with two attached hydrogens (primary N) is 1. The fourth-order valence-electron chi connectivity index (χ4n) is 2.37. The molecule has 0 aliphatic carbocycles. The van der Waals surface area contributed by atoms with Crippen molar-refractivity contribution in [1.82, 2.24) is 18.7 Å². The molecule has 2 rings (SSSR count). The lowest BCUT2D eigenvalue weighted by Crippen LogP contribution is -2.44. The third-order valence-corrected chi connectivity index (χ3v) is 3.57. The number of aromatic nitrogens is 4. The Kier molecular flexibility index (Phi) is 4.32. The first-order chi connectivity index (χ1) is 9.86. The SMILES string of the molecule is CCC(N)Cn1c(=O)c2c(ncn2C)n(CC(C)C)c1=O. The molecule has 116 valence electrons. The van der Waals surface area contributed by atoms with Crippen molar-refractivity contribution in [3.63, 3.8) is 0 Å². The predicted octanol–water partition coefficient (Wildman–Crippen LogP) is 0.290. The first kappa shape index (κ1) is 15.5. The molecule has 0 saturated heterocycles. The molecule has 1 unspecified atom stereocenters. The third kappa shape index (κ3) is 2.78. The van der Waals surface area contributed by atoms with Gasteiger partial charge in [0.05, 0.1) is 6.33 Å². The molecular formula is C14H23N5O2. The molecule has 7 nitrogen and oxygen atoms in total. The van der Waals surface area contributed by atoms with Crippen LogP contribution < -0.4 is 17.0 Å². The highest BCUT2D eigenvalue weighted by atomic mass is 16.2. The summed E-state index contributed by atoms with van der Waals surface area (Å²) in [7, 11) is 1.75. The first-order valence-electron chi connectivity index (χ1n) is 7.27. The largest absolute Gasteiger partial charge is 0.332 e. The van der Waals surface area contributed by atoms with Crippen molar-refractivity contribution in [2.75, 3.05) is 0 Å². The molecule has 21 heavy (non-hydrogen) atoms. The molecule has 0 radical (unpaired) electrons. The van der Waals surface area contributed by atoms with E-state index in [0.717, 1.165) is 0 Å². The topological polar surface area (TPSA) is 87.8 Å². The van der Waals surface area contributed by atoms with Crippen molar-refractivity contribution in [3.8, 4) is 0 Å². The number of hydrogen-bond acceptors (Lipinski definition) is 4. The van der Waals surface area contributed by atoms with Gasteiger partial charge in [0, 0.05) is 26.2 Å². The zero-order valence-electron chi connectivity index (χ0n) is 13.0. The molecule has 0 fully saturated rings. The van der Waals surface area contributed by atoms with Crippen LogP contribution in [0.15, 0.2) is 15.9 Å². The summed E-state index contributed by atoms with van der Waals surface area (Å²) in [5.74, 6) is 0.277. The van der Waals surface area contributed by atoms with Gasteiger partial charge in [-0.1, -0.05) is 20.8 Å². The number of nitrogens with zero attached hydrogens (tertiary/aromatic N) is 4. The van der Waals surface area contributed by atoms with Crippen molar-refractivity contribution < 1.29 is 0 Å². The quantitative estimate of drug-likeness (QED) is 0.858. The van der Waals surface area contributed by atoms with Crippen molar-refractivity contribution in [2.24, 2.45) is 18.7 Å². The molecule has 0 bridgehead atoms. The summed E-state index contributed by atoms with van der Waals surface area (Å²) >= 11 is 0. The van der Waals surface area contributed by atoms with Crippen LogP contribution in [0.4, 0.5) is 0 Å². The second-order valence-corrected chi connectivity index (χ2v) is 5.90. The Morgan fingerprint density at radius 1 is 1.24 bits per heavy atom.